The van der Waals surface area contributed by atoms with Crippen molar-refractivity contribution in [2.75, 3.05) is 33.0 Å². The van der Waals surface area contributed by atoms with Gasteiger partial charge in [0.15, 0.2) is 0 Å². The number of unbranched alkanes of at least 4 members (excludes halogenated alkanes) is 1. The lowest BCUT2D eigenvalue weighted by atomic mass is 10.3. The third-order valence-electron chi connectivity index (χ3n) is 1.52. The number of ether oxygens (including phenoxy) is 2. The van der Waals surface area contributed by atoms with Gasteiger partial charge in [-0.2, -0.15) is 0 Å². The minimum absolute atomic E-state index is 0.721. The Kier molecular flexibility index (Phi) is 10.8. The van der Waals surface area contributed by atoms with Crippen LogP contribution in [0.5, 0.6) is 0 Å². The molecule has 0 radical (unpaired) electrons. The van der Waals surface area contributed by atoms with E-state index in [1.807, 2.05) is 6.92 Å². The minimum atomic E-state index is 0.721. The highest BCUT2D eigenvalue weighted by atomic mass is 16.5. The van der Waals surface area contributed by atoms with E-state index in [4.69, 9.17) is 15.2 Å². The number of rotatable bonds is 9. The highest BCUT2D eigenvalue weighted by molar-refractivity contribution is 4.39. The fourth-order valence-corrected chi connectivity index (χ4v) is 0.840. The molecule has 0 aliphatic heterocycles. The summed E-state index contributed by atoms with van der Waals surface area (Å²) in [5, 5.41) is 0. The van der Waals surface area contributed by atoms with Gasteiger partial charge >= 0.3 is 0 Å². The van der Waals surface area contributed by atoms with Crippen LogP contribution in [0.1, 0.15) is 26.2 Å². The molecule has 0 atom stereocenters. The van der Waals surface area contributed by atoms with Crippen LogP contribution in [-0.2, 0) is 9.47 Å². The Morgan fingerprint density at radius 2 is 1.50 bits per heavy atom. The van der Waals surface area contributed by atoms with Crippen LogP contribution in [0.3, 0.4) is 0 Å². The maximum atomic E-state index is 5.32. The predicted molar refractivity (Wildman–Crippen MR) is 50.2 cm³/mol. The zero-order chi connectivity index (χ0) is 9.07. The van der Waals surface area contributed by atoms with Crippen LogP contribution >= 0.6 is 0 Å². The van der Waals surface area contributed by atoms with Crippen molar-refractivity contribution >= 4 is 0 Å². The molecular formula is C9H21NO2. The highest BCUT2D eigenvalue weighted by Gasteiger charge is 1.89. The second-order valence-corrected chi connectivity index (χ2v) is 2.66. The van der Waals surface area contributed by atoms with E-state index in [0.29, 0.717) is 0 Å². The standard InChI is InChI=1S/C9H21NO2/c1-2-11-7-3-4-8-12-9-5-6-10/h2-10H2,1H3. The average molecular weight is 175 g/mol. The lowest BCUT2D eigenvalue weighted by Gasteiger charge is -2.03. The molecule has 0 saturated heterocycles. The van der Waals surface area contributed by atoms with E-state index in [1.165, 1.54) is 0 Å². The van der Waals surface area contributed by atoms with Crippen LogP contribution in [0.2, 0.25) is 0 Å². The van der Waals surface area contributed by atoms with Gasteiger partial charge in [-0.25, -0.2) is 0 Å². The third kappa shape index (κ3) is 9.88. The van der Waals surface area contributed by atoms with Crippen LogP contribution in [0.25, 0.3) is 0 Å². The molecule has 0 amide bonds. The van der Waals surface area contributed by atoms with E-state index >= 15 is 0 Å². The lowest BCUT2D eigenvalue weighted by molar-refractivity contribution is 0.107. The Morgan fingerprint density at radius 1 is 0.917 bits per heavy atom. The van der Waals surface area contributed by atoms with Gasteiger partial charge in [0.2, 0.25) is 0 Å². The lowest BCUT2D eigenvalue weighted by Crippen LogP contribution is -2.05. The summed E-state index contributed by atoms with van der Waals surface area (Å²) < 4.78 is 10.5. The van der Waals surface area contributed by atoms with E-state index in [-0.39, 0.29) is 0 Å². The molecule has 0 aromatic carbocycles. The summed E-state index contributed by atoms with van der Waals surface area (Å²) >= 11 is 0. The quantitative estimate of drug-likeness (QED) is 0.535. The Bertz CT molecular complexity index is 68.9. The van der Waals surface area contributed by atoms with Gasteiger partial charge in [-0.15, -0.1) is 0 Å². The smallest absolute Gasteiger partial charge is 0.0478 e. The van der Waals surface area contributed by atoms with Gasteiger partial charge in [0.25, 0.3) is 0 Å². The second-order valence-electron chi connectivity index (χ2n) is 2.66. The fourth-order valence-electron chi connectivity index (χ4n) is 0.840. The number of hydrogen-bond acceptors (Lipinski definition) is 3. The molecule has 0 heterocycles. The SMILES string of the molecule is CCOCCCCOCCCN. The van der Waals surface area contributed by atoms with Crippen molar-refractivity contribution in [1.29, 1.82) is 0 Å². The Morgan fingerprint density at radius 3 is 2.08 bits per heavy atom. The summed E-state index contributed by atoms with van der Waals surface area (Å²) in [5.41, 5.74) is 5.31. The molecule has 0 rings (SSSR count). The van der Waals surface area contributed by atoms with Gasteiger partial charge in [-0.05, 0) is 32.7 Å². The largest absolute Gasteiger partial charge is 0.382 e. The molecule has 0 fully saturated rings. The summed E-state index contributed by atoms with van der Waals surface area (Å²) in [7, 11) is 0. The number of nitrogens with two attached hydrogens (primary N) is 1. The normalized spacial score (nSPS) is 10.5. The van der Waals surface area contributed by atoms with Crippen LogP contribution in [0, 0.1) is 0 Å². The molecule has 2 N–H and O–H groups in total. The fraction of sp³-hybridized carbons (Fsp3) is 1.00. The van der Waals surface area contributed by atoms with Gasteiger partial charge in [0.05, 0.1) is 0 Å². The first-order valence-corrected chi connectivity index (χ1v) is 4.77. The van der Waals surface area contributed by atoms with Crippen LogP contribution < -0.4 is 5.73 Å². The van der Waals surface area contributed by atoms with Gasteiger partial charge in [-0.3, -0.25) is 0 Å². The zero-order valence-corrected chi connectivity index (χ0v) is 8.05. The van der Waals surface area contributed by atoms with Crippen molar-refractivity contribution in [2.24, 2.45) is 5.73 Å². The van der Waals surface area contributed by atoms with Gasteiger partial charge in [0.1, 0.15) is 0 Å². The van der Waals surface area contributed by atoms with Crippen molar-refractivity contribution in [1.82, 2.24) is 0 Å². The average Bonchev–Trinajstić information content (AvgIpc) is 2.10. The van der Waals surface area contributed by atoms with Crippen molar-refractivity contribution in [2.45, 2.75) is 26.2 Å². The summed E-state index contributed by atoms with van der Waals surface area (Å²) in [6, 6.07) is 0. The van der Waals surface area contributed by atoms with Crippen LogP contribution in [-0.4, -0.2) is 33.0 Å². The number of hydrogen-bond donors (Lipinski definition) is 1. The summed E-state index contributed by atoms with van der Waals surface area (Å²) in [6.07, 6.45) is 3.15. The third-order valence-corrected chi connectivity index (χ3v) is 1.52. The van der Waals surface area contributed by atoms with Crippen molar-refractivity contribution in [3.8, 4) is 0 Å². The molecule has 0 unspecified atom stereocenters. The first kappa shape index (κ1) is 11.9. The summed E-state index contributed by atoms with van der Waals surface area (Å²) in [4.78, 5) is 0. The molecule has 0 aromatic heterocycles. The molecule has 0 bridgehead atoms. The molecule has 12 heavy (non-hydrogen) atoms. The molecule has 0 aliphatic rings. The molecule has 3 nitrogen and oxygen atoms in total. The predicted octanol–water partition coefficient (Wildman–Crippen LogP) is 1.17. The molecule has 74 valence electrons. The van der Waals surface area contributed by atoms with E-state index in [9.17, 15) is 0 Å². The Labute approximate surface area is 75.2 Å². The monoisotopic (exact) mass is 175 g/mol. The molecule has 0 aromatic rings. The molecule has 3 heteroatoms. The zero-order valence-electron chi connectivity index (χ0n) is 8.05. The van der Waals surface area contributed by atoms with Crippen LogP contribution in [0.15, 0.2) is 0 Å². The minimum Gasteiger partial charge on any atom is -0.382 e. The van der Waals surface area contributed by atoms with Crippen molar-refractivity contribution in [3.05, 3.63) is 0 Å². The van der Waals surface area contributed by atoms with E-state index in [2.05, 4.69) is 0 Å². The topological polar surface area (TPSA) is 44.5 Å². The molecule has 0 saturated carbocycles. The van der Waals surface area contributed by atoms with E-state index in [0.717, 1.165) is 52.2 Å². The van der Waals surface area contributed by atoms with Gasteiger partial charge in [-0.1, -0.05) is 0 Å². The molecule has 0 spiro atoms. The second kappa shape index (κ2) is 10.9. The van der Waals surface area contributed by atoms with Gasteiger partial charge in [0, 0.05) is 26.4 Å². The Hall–Kier alpha value is -0.120. The molecule has 0 aliphatic carbocycles. The molecular weight excluding hydrogens is 154 g/mol. The van der Waals surface area contributed by atoms with Gasteiger partial charge < -0.3 is 15.2 Å². The van der Waals surface area contributed by atoms with Crippen molar-refractivity contribution < 1.29 is 9.47 Å². The summed E-state index contributed by atoms with van der Waals surface area (Å²) in [6.45, 7) is 6.04. The van der Waals surface area contributed by atoms with Crippen LogP contribution in [0.4, 0.5) is 0 Å². The first-order chi connectivity index (χ1) is 5.91. The maximum Gasteiger partial charge on any atom is 0.0478 e. The van der Waals surface area contributed by atoms with E-state index in [1.54, 1.807) is 0 Å². The maximum absolute atomic E-state index is 5.32. The summed E-state index contributed by atoms with van der Waals surface area (Å²) in [5.74, 6) is 0. The van der Waals surface area contributed by atoms with E-state index < -0.39 is 0 Å². The van der Waals surface area contributed by atoms with Crippen molar-refractivity contribution in [3.63, 3.8) is 0 Å². The first-order valence-electron chi connectivity index (χ1n) is 4.77. The highest BCUT2D eigenvalue weighted by Crippen LogP contribution is 1.91. The Balaban J connectivity index is 2.73.